The molecular formula is C11H5F6N5O4S. The molecule has 0 aliphatic carbocycles. The number of nitro groups is 2. The van der Waals surface area contributed by atoms with Crippen LogP contribution in [-0.4, -0.2) is 24.6 Å². The molecule has 1 heterocycles. The van der Waals surface area contributed by atoms with Crippen LogP contribution in [-0.2, 0) is 19.4 Å². The number of nitrogens with zero attached hydrogens (tertiary/aromatic N) is 5. The molecule has 16 heteroatoms. The van der Waals surface area contributed by atoms with Crippen molar-refractivity contribution in [1.29, 1.82) is 0 Å². The van der Waals surface area contributed by atoms with Crippen LogP contribution in [0.1, 0.15) is 11.4 Å². The standard InChI is InChI=1S/C11H5F6N5O4S/c1-20-8(11(15,16)17)18-19-9(20)27-7-5(21(23)24)2-4(10(12,13)14)3-6(7)22(25)26/h2-3H,1H3. The van der Waals surface area contributed by atoms with E-state index in [4.69, 9.17) is 0 Å². The van der Waals surface area contributed by atoms with Crippen LogP contribution in [0.4, 0.5) is 37.7 Å². The molecule has 0 aliphatic heterocycles. The Balaban J connectivity index is 2.68. The molecule has 0 aliphatic rings. The summed E-state index contributed by atoms with van der Waals surface area (Å²) in [7, 11) is 0.840. The first-order chi connectivity index (χ1) is 12.2. The molecule has 0 spiro atoms. The van der Waals surface area contributed by atoms with Gasteiger partial charge in [0.15, 0.2) is 10.1 Å². The number of aromatic nitrogens is 3. The van der Waals surface area contributed by atoms with Gasteiger partial charge in [-0.05, 0) is 11.8 Å². The number of hydrogen-bond donors (Lipinski definition) is 0. The SMILES string of the molecule is Cn1c(Sc2c([N+](=O)[O-])cc(C(F)(F)F)cc2[N+](=O)[O-])nnc1C(F)(F)F. The number of halogens is 6. The third-order valence-corrected chi connectivity index (χ3v) is 4.21. The lowest BCUT2D eigenvalue weighted by atomic mass is 10.1. The highest BCUT2D eigenvalue weighted by Crippen LogP contribution is 2.45. The lowest BCUT2D eigenvalue weighted by Gasteiger charge is -2.10. The first-order valence-electron chi connectivity index (χ1n) is 6.42. The summed E-state index contributed by atoms with van der Waals surface area (Å²) < 4.78 is 77.0. The second kappa shape index (κ2) is 6.67. The first kappa shape index (κ1) is 20.4. The van der Waals surface area contributed by atoms with Gasteiger partial charge < -0.3 is 4.57 Å². The zero-order valence-electron chi connectivity index (χ0n) is 12.7. The van der Waals surface area contributed by atoms with Gasteiger partial charge >= 0.3 is 12.4 Å². The van der Waals surface area contributed by atoms with Crippen LogP contribution < -0.4 is 0 Å². The van der Waals surface area contributed by atoms with Gasteiger partial charge in [0.2, 0.25) is 5.82 Å². The van der Waals surface area contributed by atoms with E-state index in [-0.39, 0.29) is 23.9 Å². The van der Waals surface area contributed by atoms with Crippen molar-refractivity contribution in [3.05, 3.63) is 43.7 Å². The van der Waals surface area contributed by atoms with Gasteiger partial charge in [-0.25, -0.2) is 0 Å². The molecule has 1 aromatic heterocycles. The summed E-state index contributed by atoms with van der Waals surface area (Å²) in [6.45, 7) is 0. The summed E-state index contributed by atoms with van der Waals surface area (Å²) in [5, 5.41) is 27.5. The van der Waals surface area contributed by atoms with Crippen LogP contribution in [0.5, 0.6) is 0 Å². The van der Waals surface area contributed by atoms with Crippen molar-refractivity contribution in [1.82, 2.24) is 14.8 Å². The Kier molecular flexibility index (Phi) is 5.04. The zero-order valence-corrected chi connectivity index (χ0v) is 13.5. The van der Waals surface area contributed by atoms with Crippen LogP contribution in [0.15, 0.2) is 22.2 Å². The number of rotatable bonds is 4. The molecule has 0 amide bonds. The van der Waals surface area contributed by atoms with Gasteiger partial charge in [-0.2, -0.15) is 26.3 Å². The van der Waals surface area contributed by atoms with Crippen LogP contribution in [0.3, 0.4) is 0 Å². The molecule has 2 aromatic rings. The molecule has 0 saturated carbocycles. The van der Waals surface area contributed by atoms with Gasteiger partial charge in [-0.15, -0.1) is 10.2 Å². The molecule has 1 aromatic carbocycles. The highest BCUT2D eigenvalue weighted by Gasteiger charge is 2.40. The quantitative estimate of drug-likeness (QED) is 0.422. The molecular weight excluding hydrogens is 412 g/mol. The van der Waals surface area contributed by atoms with E-state index in [0.717, 1.165) is 7.05 Å². The Morgan fingerprint density at radius 2 is 1.44 bits per heavy atom. The minimum Gasteiger partial charge on any atom is -0.301 e. The minimum absolute atomic E-state index is 0.0191. The summed E-state index contributed by atoms with van der Waals surface area (Å²) in [6, 6.07) is 0.104. The van der Waals surface area contributed by atoms with Crippen LogP contribution in [0, 0.1) is 20.2 Å². The fourth-order valence-corrected chi connectivity index (χ4v) is 2.84. The van der Waals surface area contributed by atoms with Gasteiger partial charge in [0.05, 0.1) is 15.4 Å². The van der Waals surface area contributed by atoms with Crippen LogP contribution in [0.2, 0.25) is 0 Å². The molecule has 0 atom stereocenters. The Labute approximate surface area is 148 Å². The lowest BCUT2D eigenvalue weighted by Crippen LogP contribution is -2.13. The van der Waals surface area contributed by atoms with Crippen molar-refractivity contribution in [3.8, 4) is 0 Å². The highest BCUT2D eigenvalue weighted by atomic mass is 32.2. The highest BCUT2D eigenvalue weighted by molar-refractivity contribution is 7.99. The first-order valence-corrected chi connectivity index (χ1v) is 7.23. The van der Waals surface area contributed by atoms with E-state index in [1.807, 2.05) is 0 Å². The molecule has 0 fully saturated rings. The smallest absolute Gasteiger partial charge is 0.301 e. The topological polar surface area (TPSA) is 117 Å². The van der Waals surface area contributed by atoms with Gasteiger partial charge in [-0.1, -0.05) is 0 Å². The van der Waals surface area contributed by atoms with Gasteiger partial charge in [0.1, 0.15) is 0 Å². The molecule has 0 radical (unpaired) electrons. The third-order valence-electron chi connectivity index (χ3n) is 3.05. The summed E-state index contributed by atoms with van der Waals surface area (Å²) in [5.41, 5.74) is -4.27. The molecule has 0 bridgehead atoms. The van der Waals surface area contributed by atoms with Gasteiger partial charge in [-0.3, -0.25) is 20.2 Å². The second-order valence-electron chi connectivity index (χ2n) is 4.82. The zero-order chi connectivity index (χ0) is 20.7. The predicted molar refractivity (Wildman–Crippen MR) is 74.9 cm³/mol. The molecule has 0 N–H and O–H groups in total. The monoisotopic (exact) mass is 417 g/mol. The van der Waals surface area contributed by atoms with Gasteiger partial charge in [0, 0.05) is 19.2 Å². The average Bonchev–Trinajstić information content (AvgIpc) is 2.86. The summed E-state index contributed by atoms with van der Waals surface area (Å²) >= 11 is 0.0191. The van der Waals surface area contributed by atoms with E-state index in [0.29, 0.717) is 4.57 Å². The Bertz CT molecular complexity index is 890. The maximum atomic E-state index is 12.8. The van der Waals surface area contributed by atoms with E-state index in [2.05, 4.69) is 10.2 Å². The summed E-state index contributed by atoms with van der Waals surface area (Å²) in [5.74, 6) is -1.50. The fourth-order valence-electron chi connectivity index (χ4n) is 1.88. The molecule has 9 nitrogen and oxygen atoms in total. The maximum absolute atomic E-state index is 12.8. The largest absolute Gasteiger partial charge is 0.451 e. The molecule has 0 saturated heterocycles. The third kappa shape index (κ3) is 4.09. The van der Waals surface area contributed by atoms with E-state index in [1.54, 1.807) is 0 Å². The summed E-state index contributed by atoms with van der Waals surface area (Å²) in [6.07, 6.45) is -10.1. The predicted octanol–water partition coefficient (Wildman–Crippen LogP) is 3.82. The van der Waals surface area contributed by atoms with Gasteiger partial charge in [0.25, 0.3) is 11.4 Å². The molecule has 2 rings (SSSR count). The summed E-state index contributed by atoms with van der Waals surface area (Å²) in [4.78, 5) is 18.6. The van der Waals surface area contributed by atoms with E-state index in [9.17, 15) is 46.6 Å². The molecule has 0 unspecified atom stereocenters. The maximum Gasteiger partial charge on any atom is 0.451 e. The lowest BCUT2D eigenvalue weighted by molar-refractivity contribution is -0.400. The molecule has 146 valence electrons. The van der Waals surface area contributed by atoms with Crippen molar-refractivity contribution >= 4 is 23.1 Å². The Morgan fingerprint density at radius 3 is 1.78 bits per heavy atom. The normalized spacial score (nSPS) is 12.3. The Morgan fingerprint density at radius 1 is 0.963 bits per heavy atom. The van der Waals surface area contributed by atoms with Crippen molar-refractivity contribution in [3.63, 3.8) is 0 Å². The van der Waals surface area contributed by atoms with Crippen molar-refractivity contribution in [2.24, 2.45) is 7.05 Å². The van der Waals surface area contributed by atoms with E-state index >= 15 is 0 Å². The second-order valence-corrected chi connectivity index (χ2v) is 5.80. The number of benzene rings is 1. The van der Waals surface area contributed by atoms with Crippen molar-refractivity contribution in [2.75, 3.05) is 0 Å². The van der Waals surface area contributed by atoms with E-state index < -0.39 is 55.0 Å². The van der Waals surface area contributed by atoms with E-state index in [1.165, 1.54) is 0 Å². The average molecular weight is 417 g/mol. The van der Waals surface area contributed by atoms with Crippen LogP contribution >= 0.6 is 11.8 Å². The van der Waals surface area contributed by atoms with Crippen molar-refractivity contribution in [2.45, 2.75) is 22.4 Å². The van der Waals surface area contributed by atoms with Crippen molar-refractivity contribution < 1.29 is 36.2 Å². The molecule has 27 heavy (non-hydrogen) atoms. The minimum atomic E-state index is -5.12. The Hall–Kier alpha value is -2.91. The number of nitro benzene ring substituents is 2. The number of alkyl halides is 6. The fraction of sp³-hybridized carbons (Fsp3) is 0.273. The number of hydrogen-bond acceptors (Lipinski definition) is 7. The van der Waals surface area contributed by atoms with Crippen LogP contribution in [0.25, 0.3) is 0 Å².